The second-order valence-corrected chi connectivity index (χ2v) is 8.23. The third-order valence-corrected chi connectivity index (χ3v) is 5.60. The van der Waals surface area contributed by atoms with Gasteiger partial charge in [-0.3, -0.25) is 4.79 Å². The molecule has 2 rings (SSSR count). The summed E-state index contributed by atoms with van der Waals surface area (Å²) in [5.74, 6) is 2.65. The smallest absolute Gasteiger partial charge is 0.222 e. The molecule has 2 saturated heterocycles. The lowest BCUT2D eigenvalue weighted by Gasteiger charge is -2.38. The topological polar surface area (TPSA) is 23.6 Å². The Morgan fingerprint density at radius 1 is 0.909 bits per heavy atom. The van der Waals surface area contributed by atoms with Crippen LogP contribution >= 0.6 is 0 Å². The van der Waals surface area contributed by atoms with Crippen LogP contribution < -0.4 is 0 Å². The van der Waals surface area contributed by atoms with E-state index in [1.807, 2.05) is 0 Å². The van der Waals surface area contributed by atoms with Gasteiger partial charge >= 0.3 is 0 Å². The molecule has 3 nitrogen and oxygen atoms in total. The van der Waals surface area contributed by atoms with E-state index in [4.69, 9.17) is 0 Å². The average molecular weight is 309 g/mol. The van der Waals surface area contributed by atoms with E-state index >= 15 is 0 Å². The summed E-state index contributed by atoms with van der Waals surface area (Å²) in [4.78, 5) is 16.8. The van der Waals surface area contributed by atoms with Crippen molar-refractivity contribution >= 4 is 5.91 Å². The second-order valence-electron chi connectivity index (χ2n) is 8.23. The van der Waals surface area contributed by atoms with Crippen LogP contribution in [0.15, 0.2) is 0 Å². The van der Waals surface area contributed by atoms with Crippen LogP contribution in [0.25, 0.3) is 0 Å². The molecule has 2 heterocycles. The summed E-state index contributed by atoms with van der Waals surface area (Å²) in [5, 5.41) is 0. The maximum atomic E-state index is 12.1. The van der Waals surface area contributed by atoms with Crippen molar-refractivity contribution < 1.29 is 4.79 Å². The van der Waals surface area contributed by atoms with Crippen LogP contribution in [0.4, 0.5) is 0 Å². The maximum absolute atomic E-state index is 12.1. The number of amides is 1. The van der Waals surface area contributed by atoms with Crippen molar-refractivity contribution in [3.05, 3.63) is 0 Å². The van der Waals surface area contributed by atoms with E-state index in [0.717, 1.165) is 31.3 Å². The van der Waals surface area contributed by atoms with Crippen LogP contribution in [0.3, 0.4) is 0 Å². The molecule has 0 aromatic heterocycles. The van der Waals surface area contributed by atoms with Crippen LogP contribution in [0.1, 0.15) is 66.2 Å². The van der Waals surface area contributed by atoms with Crippen molar-refractivity contribution in [1.29, 1.82) is 0 Å². The molecule has 0 bridgehead atoms. The number of rotatable bonds is 5. The minimum Gasteiger partial charge on any atom is -0.343 e. The summed E-state index contributed by atoms with van der Waals surface area (Å²) >= 11 is 0. The zero-order chi connectivity index (χ0) is 16.1. The first kappa shape index (κ1) is 17.8. The second kappa shape index (κ2) is 8.33. The van der Waals surface area contributed by atoms with Gasteiger partial charge in [0.25, 0.3) is 0 Å². The third kappa shape index (κ3) is 5.26. The van der Waals surface area contributed by atoms with Gasteiger partial charge in [-0.25, -0.2) is 0 Å². The number of hydrogen-bond donors (Lipinski definition) is 0. The first-order valence-corrected chi connectivity index (χ1v) is 9.47. The van der Waals surface area contributed by atoms with E-state index in [0.29, 0.717) is 17.9 Å². The zero-order valence-electron chi connectivity index (χ0n) is 15.2. The predicted molar refractivity (Wildman–Crippen MR) is 92.8 cm³/mol. The van der Waals surface area contributed by atoms with Crippen LogP contribution in [-0.2, 0) is 4.79 Å². The lowest BCUT2D eigenvalue weighted by molar-refractivity contribution is -0.133. The van der Waals surface area contributed by atoms with Gasteiger partial charge in [-0.15, -0.1) is 0 Å². The van der Waals surface area contributed by atoms with Gasteiger partial charge in [-0.05, 0) is 76.8 Å². The molecule has 0 aliphatic carbocycles. The summed E-state index contributed by atoms with van der Waals surface area (Å²) < 4.78 is 0. The van der Waals surface area contributed by atoms with Gasteiger partial charge in [-0.2, -0.15) is 0 Å². The zero-order valence-corrected chi connectivity index (χ0v) is 15.2. The van der Waals surface area contributed by atoms with Crippen molar-refractivity contribution in [2.24, 2.45) is 17.8 Å². The van der Waals surface area contributed by atoms with Crippen molar-refractivity contribution in [2.75, 3.05) is 26.2 Å². The number of likely N-dealkylation sites (tertiary alicyclic amines) is 2. The van der Waals surface area contributed by atoms with Gasteiger partial charge in [0.05, 0.1) is 0 Å². The van der Waals surface area contributed by atoms with E-state index in [1.54, 1.807) is 0 Å². The molecular formula is C19H36N2O. The fourth-order valence-electron chi connectivity index (χ4n) is 4.07. The highest BCUT2D eigenvalue weighted by Gasteiger charge is 2.27. The van der Waals surface area contributed by atoms with Gasteiger partial charge in [0.2, 0.25) is 5.91 Å². The van der Waals surface area contributed by atoms with Crippen molar-refractivity contribution in [3.8, 4) is 0 Å². The Labute approximate surface area is 137 Å². The minimum atomic E-state index is 0.374. The Hall–Kier alpha value is -0.570. The Morgan fingerprint density at radius 3 is 1.86 bits per heavy atom. The molecule has 0 radical (unpaired) electrons. The average Bonchev–Trinajstić information content (AvgIpc) is 2.48. The largest absolute Gasteiger partial charge is 0.343 e. The maximum Gasteiger partial charge on any atom is 0.222 e. The van der Waals surface area contributed by atoms with Gasteiger partial charge in [0.15, 0.2) is 0 Å². The highest BCUT2D eigenvalue weighted by molar-refractivity contribution is 5.76. The first-order chi connectivity index (χ1) is 10.5. The highest BCUT2D eigenvalue weighted by atomic mass is 16.2. The number of carbonyl (C=O) groups is 1. The van der Waals surface area contributed by atoms with Crippen molar-refractivity contribution in [3.63, 3.8) is 0 Å². The quantitative estimate of drug-likeness (QED) is 0.771. The molecule has 128 valence electrons. The molecule has 0 atom stereocenters. The first-order valence-electron chi connectivity index (χ1n) is 9.47. The fraction of sp³-hybridized carbons (Fsp3) is 0.947. The molecule has 0 saturated carbocycles. The summed E-state index contributed by atoms with van der Waals surface area (Å²) in [7, 11) is 0. The Bertz CT molecular complexity index is 337. The molecular weight excluding hydrogens is 272 g/mol. The molecule has 1 amide bonds. The standard InChI is InChI=1S/C19H36N2O/c1-15(2)13-19(22)21-11-7-18(8-12-21)14-17-5-9-20(10-6-17)16(3)4/h15-18H,5-14H2,1-4H3. The number of carbonyl (C=O) groups excluding carboxylic acids is 1. The summed E-state index contributed by atoms with van der Waals surface area (Å²) in [6.45, 7) is 13.5. The third-order valence-electron chi connectivity index (χ3n) is 5.60. The van der Waals surface area contributed by atoms with Gasteiger partial charge in [0.1, 0.15) is 0 Å². The number of piperidine rings is 2. The monoisotopic (exact) mass is 308 g/mol. The molecule has 0 spiro atoms. The van der Waals surface area contributed by atoms with E-state index in [1.165, 1.54) is 45.2 Å². The molecule has 0 unspecified atom stereocenters. The summed E-state index contributed by atoms with van der Waals surface area (Å²) in [6.07, 6.45) is 7.34. The van der Waals surface area contributed by atoms with Gasteiger partial charge in [-0.1, -0.05) is 13.8 Å². The minimum absolute atomic E-state index is 0.374. The van der Waals surface area contributed by atoms with E-state index in [-0.39, 0.29) is 0 Å². The van der Waals surface area contributed by atoms with Gasteiger partial charge in [0, 0.05) is 25.6 Å². The molecule has 2 aliphatic rings. The molecule has 3 heteroatoms. The normalized spacial score (nSPS) is 22.7. The fourth-order valence-corrected chi connectivity index (χ4v) is 4.07. The van der Waals surface area contributed by atoms with Crippen LogP contribution in [0, 0.1) is 17.8 Å². The Balaban J connectivity index is 1.67. The van der Waals surface area contributed by atoms with Gasteiger partial charge < -0.3 is 9.80 Å². The molecule has 2 fully saturated rings. The lowest BCUT2D eigenvalue weighted by atomic mass is 9.82. The molecule has 0 N–H and O–H groups in total. The molecule has 2 aliphatic heterocycles. The van der Waals surface area contributed by atoms with Crippen LogP contribution in [0.5, 0.6) is 0 Å². The number of nitrogens with zero attached hydrogens (tertiary/aromatic N) is 2. The predicted octanol–water partition coefficient (Wildman–Crippen LogP) is 3.78. The Kier molecular flexibility index (Phi) is 6.73. The van der Waals surface area contributed by atoms with E-state index < -0.39 is 0 Å². The van der Waals surface area contributed by atoms with Crippen molar-refractivity contribution in [2.45, 2.75) is 72.3 Å². The Morgan fingerprint density at radius 2 is 1.41 bits per heavy atom. The van der Waals surface area contributed by atoms with Crippen LogP contribution in [0.2, 0.25) is 0 Å². The molecule has 22 heavy (non-hydrogen) atoms. The van der Waals surface area contributed by atoms with Crippen molar-refractivity contribution in [1.82, 2.24) is 9.80 Å². The van der Waals surface area contributed by atoms with E-state index in [9.17, 15) is 4.79 Å². The molecule has 0 aromatic carbocycles. The summed E-state index contributed by atoms with van der Waals surface area (Å²) in [5.41, 5.74) is 0. The SMILES string of the molecule is CC(C)CC(=O)N1CCC(CC2CCN(C(C)C)CC2)CC1. The van der Waals surface area contributed by atoms with Crippen LogP contribution in [-0.4, -0.2) is 47.9 Å². The number of hydrogen-bond acceptors (Lipinski definition) is 2. The highest BCUT2D eigenvalue weighted by Crippen LogP contribution is 2.30. The van der Waals surface area contributed by atoms with E-state index in [2.05, 4.69) is 37.5 Å². The lowest BCUT2D eigenvalue weighted by Crippen LogP contribution is -2.41. The molecule has 0 aromatic rings. The summed E-state index contributed by atoms with van der Waals surface area (Å²) in [6, 6.07) is 0.705.